The van der Waals surface area contributed by atoms with E-state index >= 15 is 0 Å². The quantitative estimate of drug-likeness (QED) is 0.467. The Balaban J connectivity index is 1.68. The Hall–Kier alpha value is -2.66. The Kier molecular flexibility index (Phi) is 6.24. The van der Waals surface area contributed by atoms with Crippen LogP contribution in [0.15, 0.2) is 65.7 Å². The number of anilines is 1. The third-order valence-electron chi connectivity index (χ3n) is 4.09. The van der Waals surface area contributed by atoms with Crippen LogP contribution >= 0.6 is 11.8 Å². The predicted molar refractivity (Wildman–Crippen MR) is 112 cm³/mol. The van der Waals surface area contributed by atoms with E-state index in [2.05, 4.69) is 29.1 Å². The Bertz CT molecular complexity index is 926. The molecule has 0 aliphatic carbocycles. The fraction of sp³-hybridized carbons (Fsp3) is 0.227. The van der Waals surface area contributed by atoms with Crippen LogP contribution in [0.3, 0.4) is 0 Å². The molecule has 2 aromatic carbocycles. The van der Waals surface area contributed by atoms with Gasteiger partial charge in [0.25, 0.3) is 0 Å². The topological polar surface area (TPSA) is 54.9 Å². The van der Waals surface area contributed by atoms with Crippen molar-refractivity contribution in [1.82, 2.24) is 9.97 Å². The molecule has 3 aromatic rings. The molecule has 0 atom stereocenters. The Morgan fingerprint density at radius 2 is 1.74 bits per heavy atom. The van der Waals surface area contributed by atoms with Crippen LogP contribution in [0.4, 0.5) is 5.69 Å². The van der Waals surface area contributed by atoms with Crippen molar-refractivity contribution in [3.05, 3.63) is 72.1 Å². The molecule has 0 saturated heterocycles. The van der Waals surface area contributed by atoms with E-state index in [4.69, 9.17) is 0 Å². The standard InChI is InChI=1S/C22H23N3OS/c1-15(2)18-11-7-8-12-19(18)25-21(26)14-27-22-13-20(23-16(3)24-22)17-9-5-4-6-10-17/h4-13,15H,14H2,1-3H3,(H,25,26). The minimum atomic E-state index is -0.0365. The third kappa shape index (κ3) is 5.17. The zero-order valence-electron chi connectivity index (χ0n) is 15.8. The number of thioether (sulfide) groups is 1. The van der Waals surface area contributed by atoms with E-state index < -0.39 is 0 Å². The van der Waals surface area contributed by atoms with Crippen LogP contribution in [0.2, 0.25) is 0 Å². The van der Waals surface area contributed by atoms with Gasteiger partial charge in [-0.15, -0.1) is 0 Å². The molecule has 1 N–H and O–H groups in total. The molecule has 0 bridgehead atoms. The van der Waals surface area contributed by atoms with Crippen molar-refractivity contribution >= 4 is 23.4 Å². The highest BCUT2D eigenvalue weighted by molar-refractivity contribution is 7.99. The first kappa shape index (κ1) is 19.1. The maximum Gasteiger partial charge on any atom is 0.234 e. The Labute approximate surface area is 164 Å². The van der Waals surface area contributed by atoms with Crippen molar-refractivity contribution in [2.45, 2.75) is 31.7 Å². The van der Waals surface area contributed by atoms with Crippen LogP contribution < -0.4 is 5.32 Å². The highest BCUT2D eigenvalue weighted by atomic mass is 32.2. The van der Waals surface area contributed by atoms with Crippen molar-refractivity contribution in [3.63, 3.8) is 0 Å². The van der Waals surface area contributed by atoms with Crippen molar-refractivity contribution in [3.8, 4) is 11.3 Å². The second-order valence-electron chi connectivity index (χ2n) is 6.58. The molecule has 0 spiro atoms. The lowest BCUT2D eigenvalue weighted by Crippen LogP contribution is -2.15. The average molecular weight is 378 g/mol. The zero-order valence-corrected chi connectivity index (χ0v) is 16.6. The molecule has 0 saturated carbocycles. The first-order chi connectivity index (χ1) is 13.0. The number of rotatable bonds is 6. The molecule has 0 aliphatic rings. The molecule has 0 fully saturated rings. The summed E-state index contributed by atoms with van der Waals surface area (Å²) < 4.78 is 0. The highest BCUT2D eigenvalue weighted by Crippen LogP contribution is 2.25. The van der Waals surface area contributed by atoms with Crippen molar-refractivity contribution in [2.75, 3.05) is 11.1 Å². The number of para-hydroxylation sites is 1. The maximum absolute atomic E-state index is 12.4. The summed E-state index contributed by atoms with van der Waals surface area (Å²) in [6.07, 6.45) is 0. The second-order valence-corrected chi connectivity index (χ2v) is 7.58. The van der Waals surface area contributed by atoms with E-state index in [1.165, 1.54) is 11.8 Å². The predicted octanol–water partition coefficient (Wildman–Crippen LogP) is 5.31. The lowest BCUT2D eigenvalue weighted by Gasteiger charge is -2.13. The van der Waals surface area contributed by atoms with Gasteiger partial charge < -0.3 is 5.32 Å². The summed E-state index contributed by atoms with van der Waals surface area (Å²) in [6, 6.07) is 19.8. The molecular formula is C22H23N3OS. The summed E-state index contributed by atoms with van der Waals surface area (Å²) >= 11 is 1.42. The number of nitrogens with one attached hydrogen (secondary N) is 1. The lowest BCUT2D eigenvalue weighted by atomic mass is 10.0. The number of carbonyl (C=O) groups is 1. The van der Waals surface area contributed by atoms with Crippen LogP contribution in [-0.4, -0.2) is 21.6 Å². The molecule has 1 amide bonds. The molecule has 1 heterocycles. The maximum atomic E-state index is 12.4. The summed E-state index contributed by atoms with van der Waals surface area (Å²) in [5, 5.41) is 3.82. The van der Waals surface area contributed by atoms with Gasteiger partial charge in [-0.25, -0.2) is 9.97 Å². The lowest BCUT2D eigenvalue weighted by molar-refractivity contribution is -0.113. The smallest absolute Gasteiger partial charge is 0.234 e. The average Bonchev–Trinajstić information content (AvgIpc) is 2.67. The minimum Gasteiger partial charge on any atom is -0.325 e. The van der Waals surface area contributed by atoms with Gasteiger partial charge in [-0.2, -0.15) is 0 Å². The molecule has 0 aliphatic heterocycles. The SMILES string of the molecule is Cc1nc(SCC(=O)Nc2ccccc2C(C)C)cc(-c2ccccc2)n1. The normalized spacial score (nSPS) is 10.8. The van der Waals surface area contributed by atoms with Gasteiger partial charge in [-0.1, -0.05) is 74.1 Å². The summed E-state index contributed by atoms with van der Waals surface area (Å²) in [5.74, 6) is 1.32. The number of aromatic nitrogens is 2. The largest absolute Gasteiger partial charge is 0.325 e. The molecule has 0 unspecified atom stereocenters. The molecule has 4 nitrogen and oxygen atoms in total. The van der Waals surface area contributed by atoms with Crippen LogP contribution in [-0.2, 0) is 4.79 Å². The minimum absolute atomic E-state index is 0.0365. The molecule has 0 radical (unpaired) electrons. The first-order valence-electron chi connectivity index (χ1n) is 8.95. The van der Waals surface area contributed by atoms with Gasteiger partial charge in [-0.3, -0.25) is 4.79 Å². The van der Waals surface area contributed by atoms with E-state index in [1.807, 2.05) is 67.6 Å². The van der Waals surface area contributed by atoms with Gasteiger partial charge in [0.15, 0.2) is 0 Å². The van der Waals surface area contributed by atoms with E-state index in [0.29, 0.717) is 17.5 Å². The molecular weight excluding hydrogens is 354 g/mol. The van der Waals surface area contributed by atoms with Crippen LogP contribution in [0.5, 0.6) is 0 Å². The number of carbonyl (C=O) groups excluding carboxylic acids is 1. The number of amides is 1. The van der Waals surface area contributed by atoms with E-state index in [-0.39, 0.29) is 5.91 Å². The Morgan fingerprint density at radius 1 is 1.04 bits per heavy atom. The van der Waals surface area contributed by atoms with E-state index in [0.717, 1.165) is 27.5 Å². The molecule has 138 valence electrons. The molecule has 5 heteroatoms. The van der Waals surface area contributed by atoms with E-state index in [9.17, 15) is 4.79 Å². The van der Waals surface area contributed by atoms with Gasteiger partial charge in [0.1, 0.15) is 10.9 Å². The van der Waals surface area contributed by atoms with Crippen molar-refractivity contribution in [2.24, 2.45) is 0 Å². The second kappa shape index (κ2) is 8.82. The van der Waals surface area contributed by atoms with E-state index in [1.54, 1.807) is 0 Å². The van der Waals surface area contributed by atoms with Gasteiger partial charge in [0.2, 0.25) is 5.91 Å². The fourth-order valence-corrected chi connectivity index (χ4v) is 3.55. The number of benzene rings is 2. The third-order valence-corrected chi connectivity index (χ3v) is 5.00. The van der Waals surface area contributed by atoms with Crippen LogP contribution in [0.25, 0.3) is 11.3 Å². The molecule has 3 rings (SSSR count). The number of hydrogen-bond donors (Lipinski definition) is 1. The highest BCUT2D eigenvalue weighted by Gasteiger charge is 2.11. The van der Waals surface area contributed by atoms with Crippen molar-refractivity contribution < 1.29 is 4.79 Å². The van der Waals surface area contributed by atoms with Gasteiger partial charge in [0.05, 0.1) is 11.4 Å². The number of nitrogens with zero attached hydrogens (tertiary/aromatic N) is 2. The molecule has 27 heavy (non-hydrogen) atoms. The summed E-state index contributed by atoms with van der Waals surface area (Å²) in [4.78, 5) is 21.4. The first-order valence-corrected chi connectivity index (χ1v) is 9.94. The Morgan fingerprint density at radius 3 is 2.48 bits per heavy atom. The number of hydrogen-bond acceptors (Lipinski definition) is 4. The van der Waals surface area contributed by atoms with Gasteiger partial charge in [-0.05, 0) is 30.5 Å². The summed E-state index contributed by atoms with van der Waals surface area (Å²) in [5.41, 5.74) is 3.93. The monoisotopic (exact) mass is 377 g/mol. The van der Waals surface area contributed by atoms with Gasteiger partial charge in [0, 0.05) is 11.3 Å². The van der Waals surface area contributed by atoms with Crippen LogP contribution in [0, 0.1) is 6.92 Å². The summed E-state index contributed by atoms with van der Waals surface area (Å²) in [6.45, 7) is 6.11. The van der Waals surface area contributed by atoms with Crippen LogP contribution in [0.1, 0.15) is 31.2 Å². The molecule has 1 aromatic heterocycles. The fourth-order valence-electron chi connectivity index (χ4n) is 2.81. The zero-order chi connectivity index (χ0) is 19.2. The summed E-state index contributed by atoms with van der Waals surface area (Å²) in [7, 11) is 0. The van der Waals surface area contributed by atoms with Crippen molar-refractivity contribution in [1.29, 1.82) is 0 Å². The van der Waals surface area contributed by atoms with Gasteiger partial charge >= 0.3 is 0 Å². The number of aryl methyl sites for hydroxylation is 1.